The van der Waals surface area contributed by atoms with Crippen molar-refractivity contribution < 1.29 is 4.79 Å². The van der Waals surface area contributed by atoms with Gasteiger partial charge in [0.05, 0.1) is 0 Å². The molecule has 0 aliphatic carbocycles. The van der Waals surface area contributed by atoms with Crippen LogP contribution in [0.25, 0.3) is 11.1 Å². The van der Waals surface area contributed by atoms with Gasteiger partial charge in [0.1, 0.15) is 6.29 Å². The maximum atomic E-state index is 10.9. The second kappa shape index (κ2) is 8.25. The molecule has 152 valence electrons. The lowest BCUT2D eigenvalue weighted by Gasteiger charge is -2.24. The van der Waals surface area contributed by atoms with Crippen molar-refractivity contribution in [2.24, 2.45) is 11.8 Å². The zero-order valence-electron chi connectivity index (χ0n) is 16.9. The van der Waals surface area contributed by atoms with E-state index >= 15 is 0 Å². The minimum absolute atomic E-state index is 0.707. The van der Waals surface area contributed by atoms with Crippen LogP contribution >= 0.6 is 11.6 Å². The largest absolute Gasteiger partial charge is 0.371 e. The van der Waals surface area contributed by atoms with Gasteiger partial charge in [0.15, 0.2) is 0 Å². The Morgan fingerprint density at radius 1 is 0.833 bits per heavy atom. The van der Waals surface area contributed by atoms with Crippen LogP contribution in [0.3, 0.4) is 0 Å². The first-order chi connectivity index (χ1) is 14.7. The Hall–Kier alpha value is -2.62. The molecule has 2 aliphatic rings. The molecule has 0 bridgehead atoms. The number of fused-ring (bicyclic) bond motifs is 1. The summed E-state index contributed by atoms with van der Waals surface area (Å²) in [6.45, 7) is 5.46. The summed E-state index contributed by atoms with van der Waals surface area (Å²) in [5.74, 6) is 1.41. The molecule has 0 radical (unpaired) electrons. The molecule has 0 aromatic heterocycles. The Bertz CT molecular complexity index is 1020. The van der Waals surface area contributed by atoms with Crippen LogP contribution in [0.4, 0.5) is 5.69 Å². The molecule has 5 rings (SSSR count). The Balaban J connectivity index is 1.25. The summed E-state index contributed by atoms with van der Waals surface area (Å²) in [6, 6.07) is 24.8. The number of rotatable bonds is 5. The van der Waals surface area contributed by atoms with Crippen molar-refractivity contribution >= 4 is 23.6 Å². The SMILES string of the molecule is O=Cc1ccc(N2CC3CN(Cc4ccccc4-c4ccc(Cl)cc4)CC3C2)cc1. The van der Waals surface area contributed by atoms with Gasteiger partial charge in [-0.3, -0.25) is 9.69 Å². The van der Waals surface area contributed by atoms with Crippen molar-refractivity contribution in [1.82, 2.24) is 4.90 Å². The van der Waals surface area contributed by atoms with Crippen LogP contribution in [0.15, 0.2) is 72.8 Å². The topological polar surface area (TPSA) is 23.6 Å². The lowest BCUT2D eigenvalue weighted by atomic mass is 9.99. The minimum atomic E-state index is 0.707. The smallest absolute Gasteiger partial charge is 0.150 e. The highest BCUT2D eigenvalue weighted by atomic mass is 35.5. The summed E-state index contributed by atoms with van der Waals surface area (Å²) in [4.78, 5) is 16.0. The van der Waals surface area contributed by atoms with Gasteiger partial charge in [0.25, 0.3) is 0 Å². The molecule has 2 heterocycles. The highest BCUT2D eigenvalue weighted by Gasteiger charge is 2.40. The number of carbonyl (C=O) groups is 1. The zero-order valence-corrected chi connectivity index (χ0v) is 17.6. The van der Waals surface area contributed by atoms with E-state index in [9.17, 15) is 4.79 Å². The van der Waals surface area contributed by atoms with Crippen molar-refractivity contribution in [3.8, 4) is 11.1 Å². The number of hydrogen-bond donors (Lipinski definition) is 0. The number of likely N-dealkylation sites (tertiary alicyclic amines) is 1. The number of benzene rings is 3. The first kappa shape index (κ1) is 19.3. The molecule has 3 aromatic carbocycles. The first-order valence-corrected chi connectivity index (χ1v) is 10.9. The fourth-order valence-corrected chi connectivity index (χ4v) is 5.13. The minimum Gasteiger partial charge on any atom is -0.371 e. The molecule has 2 fully saturated rings. The summed E-state index contributed by atoms with van der Waals surface area (Å²) in [6.07, 6.45) is 0.905. The average molecular weight is 417 g/mol. The van der Waals surface area contributed by atoms with E-state index in [1.165, 1.54) is 22.4 Å². The predicted molar refractivity (Wildman–Crippen MR) is 123 cm³/mol. The second-order valence-electron chi connectivity index (χ2n) is 8.49. The molecular formula is C26H25ClN2O. The first-order valence-electron chi connectivity index (χ1n) is 10.6. The number of halogens is 1. The fraction of sp³-hybridized carbons (Fsp3) is 0.269. The third-order valence-electron chi connectivity index (χ3n) is 6.52. The molecule has 4 heteroatoms. The van der Waals surface area contributed by atoms with Gasteiger partial charge in [-0.1, -0.05) is 48.0 Å². The monoisotopic (exact) mass is 416 g/mol. The van der Waals surface area contributed by atoms with E-state index in [1.54, 1.807) is 0 Å². The van der Waals surface area contributed by atoms with Crippen LogP contribution in [0, 0.1) is 11.8 Å². The van der Waals surface area contributed by atoms with E-state index in [0.29, 0.717) is 11.8 Å². The molecule has 2 aliphatic heterocycles. The molecule has 2 saturated heterocycles. The van der Waals surface area contributed by atoms with Gasteiger partial charge in [0, 0.05) is 49.0 Å². The second-order valence-corrected chi connectivity index (χ2v) is 8.93. The number of aldehydes is 1. The van der Waals surface area contributed by atoms with E-state index in [0.717, 1.165) is 49.6 Å². The molecule has 2 unspecified atom stereocenters. The number of carbonyl (C=O) groups excluding carboxylic acids is 1. The predicted octanol–water partition coefficient (Wildman–Crippen LogP) is 5.39. The van der Waals surface area contributed by atoms with Crippen molar-refractivity contribution in [3.05, 3.63) is 88.9 Å². The van der Waals surface area contributed by atoms with Crippen LogP contribution < -0.4 is 4.90 Å². The molecule has 2 atom stereocenters. The van der Waals surface area contributed by atoms with Gasteiger partial charge in [-0.2, -0.15) is 0 Å². The highest BCUT2D eigenvalue weighted by Crippen LogP contribution is 2.35. The van der Waals surface area contributed by atoms with Gasteiger partial charge >= 0.3 is 0 Å². The fourth-order valence-electron chi connectivity index (χ4n) is 5.00. The maximum Gasteiger partial charge on any atom is 0.150 e. The maximum absolute atomic E-state index is 10.9. The number of hydrogen-bond acceptors (Lipinski definition) is 3. The van der Waals surface area contributed by atoms with Crippen LogP contribution in [0.2, 0.25) is 5.02 Å². The van der Waals surface area contributed by atoms with Crippen LogP contribution in [0.1, 0.15) is 15.9 Å². The van der Waals surface area contributed by atoms with E-state index in [1.807, 2.05) is 24.3 Å². The summed E-state index contributed by atoms with van der Waals surface area (Å²) in [5.41, 5.74) is 5.86. The Labute approximate surface area is 182 Å². The summed E-state index contributed by atoms with van der Waals surface area (Å²) in [7, 11) is 0. The van der Waals surface area contributed by atoms with Crippen LogP contribution in [-0.4, -0.2) is 37.4 Å². The van der Waals surface area contributed by atoms with Gasteiger partial charge in [-0.05, 0) is 64.9 Å². The zero-order chi connectivity index (χ0) is 20.5. The summed E-state index contributed by atoms with van der Waals surface area (Å²) < 4.78 is 0. The van der Waals surface area contributed by atoms with Crippen LogP contribution in [-0.2, 0) is 6.54 Å². The van der Waals surface area contributed by atoms with E-state index in [-0.39, 0.29) is 0 Å². The standard InChI is InChI=1S/C26H25ClN2O/c27-24-9-7-20(8-10-24)26-4-2-1-3-21(26)13-28-14-22-16-29(17-23(22)15-28)25-11-5-19(18-30)6-12-25/h1-12,18,22-23H,13-17H2. The average Bonchev–Trinajstić information content (AvgIpc) is 3.34. The van der Waals surface area contributed by atoms with Crippen LogP contribution in [0.5, 0.6) is 0 Å². The normalized spacial score (nSPS) is 21.0. The molecule has 0 spiro atoms. The van der Waals surface area contributed by atoms with Crippen molar-refractivity contribution in [1.29, 1.82) is 0 Å². The van der Waals surface area contributed by atoms with Gasteiger partial charge in [-0.25, -0.2) is 0 Å². The number of anilines is 1. The lowest BCUT2D eigenvalue weighted by molar-refractivity contribution is 0.112. The van der Waals surface area contributed by atoms with Crippen molar-refractivity contribution in [3.63, 3.8) is 0 Å². The Kier molecular flexibility index (Phi) is 5.32. The highest BCUT2D eigenvalue weighted by molar-refractivity contribution is 6.30. The molecular weight excluding hydrogens is 392 g/mol. The van der Waals surface area contributed by atoms with Crippen molar-refractivity contribution in [2.45, 2.75) is 6.54 Å². The molecule has 30 heavy (non-hydrogen) atoms. The third-order valence-corrected chi connectivity index (χ3v) is 6.77. The van der Waals surface area contributed by atoms with E-state index in [4.69, 9.17) is 11.6 Å². The molecule has 3 nitrogen and oxygen atoms in total. The third kappa shape index (κ3) is 3.88. The summed E-state index contributed by atoms with van der Waals surface area (Å²) in [5, 5.41) is 0.772. The van der Waals surface area contributed by atoms with Gasteiger partial charge in [0.2, 0.25) is 0 Å². The number of nitrogens with zero attached hydrogens (tertiary/aromatic N) is 2. The molecule has 0 saturated carbocycles. The van der Waals surface area contributed by atoms with E-state index in [2.05, 4.69) is 58.3 Å². The van der Waals surface area contributed by atoms with Gasteiger partial charge in [-0.15, -0.1) is 0 Å². The lowest BCUT2D eigenvalue weighted by Crippen LogP contribution is -2.28. The molecule has 0 N–H and O–H groups in total. The summed E-state index contributed by atoms with van der Waals surface area (Å²) >= 11 is 6.07. The van der Waals surface area contributed by atoms with Crippen molar-refractivity contribution in [2.75, 3.05) is 31.1 Å². The van der Waals surface area contributed by atoms with E-state index < -0.39 is 0 Å². The molecule has 0 amide bonds. The quantitative estimate of drug-likeness (QED) is 0.521. The van der Waals surface area contributed by atoms with Gasteiger partial charge < -0.3 is 4.90 Å². The molecule has 3 aromatic rings. The Morgan fingerprint density at radius 3 is 2.17 bits per heavy atom. The Morgan fingerprint density at radius 2 is 1.50 bits per heavy atom.